The molecule has 0 aromatic heterocycles. The van der Waals surface area contributed by atoms with Gasteiger partial charge in [0, 0.05) is 19.7 Å². The first-order valence-electron chi connectivity index (χ1n) is 9.37. The average Bonchev–Trinajstić information content (AvgIpc) is 3.22. The topological polar surface area (TPSA) is 97.0 Å². The van der Waals surface area contributed by atoms with Gasteiger partial charge >= 0.3 is 5.97 Å². The molecule has 2 amide bonds. The van der Waals surface area contributed by atoms with E-state index in [2.05, 4.69) is 10.6 Å². The van der Waals surface area contributed by atoms with Crippen LogP contribution in [-0.4, -0.2) is 66.2 Å². The summed E-state index contributed by atoms with van der Waals surface area (Å²) in [4.78, 5) is 38.6. The molecule has 0 unspecified atom stereocenters. The predicted molar refractivity (Wildman–Crippen MR) is 110 cm³/mol. The molecule has 1 aromatic rings. The van der Waals surface area contributed by atoms with Crippen LogP contribution in [-0.2, 0) is 19.1 Å². The van der Waals surface area contributed by atoms with Crippen LogP contribution in [0.3, 0.4) is 0 Å². The van der Waals surface area contributed by atoms with Crippen molar-refractivity contribution in [3.63, 3.8) is 0 Å². The Kier molecular flexibility index (Phi) is 7.40. The van der Waals surface area contributed by atoms with Gasteiger partial charge in [-0.3, -0.25) is 19.7 Å². The van der Waals surface area contributed by atoms with Crippen molar-refractivity contribution in [1.29, 1.82) is 0 Å². The van der Waals surface area contributed by atoms with Crippen LogP contribution in [0.25, 0.3) is 0 Å². The van der Waals surface area contributed by atoms with Crippen molar-refractivity contribution in [3.05, 3.63) is 34.9 Å². The second-order valence-electron chi connectivity index (χ2n) is 6.76. The SMILES string of the molecule is O=C(C[C@@H]1C(=O)NCCN1C(=S)NC(=O)c1ccccc1Cl)OC[C@H]1CCCO1. The molecule has 2 fully saturated rings. The molecule has 0 radical (unpaired) electrons. The molecule has 0 saturated carbocycles. The number of ether oxygens (including phenoxy) is 2. The van der Waals surface area contributed by atoms with Crippen LogP contribution in [0.2, 0.25) is 5.02 Å². The number of hydrogen-bond donors (Lipinski definition) is 2. The summed E-state index contributed by atoms with van der Waals surface area (Å²) in [6.07, 6.45) is 1.52. The van der Waals surface area contributed by atoms with Gasteiger partial charge in [-0.2, -0.15) is 0 Å². The van der Waals surface area contributed by atoms with Gasteiger partial charge in [-0.25, -0.2) is 0 Å². The molecule has 2 saturated heterocycles. The molecule has 2 N–H and O–H groups in total. The first-order chi connectivity index (χ1) is 14.0. The number of amides is 2. The fourth-order valence-corrected chi connectivity index (χ4v) is 3.75. The molecule has 0 aliphatic carbocycles. The van der Waals surface area contributed by atoms with Gasteiger partial charge in [0.15, 0.2) is 5.11 Å². The van der Waals surface area contributed by atoms with Crippen LogP contribution in [0.1, 0.15) is 29.6 Å². The van der Waals surface area contributed by atoms with Gasteiger partial charge in [-0.1, -0.05) is 23.7 Å². The number of hydrogen-bond acceptors (Lipinski definition) is 6. The molecule has 0 bridgehead atoms. The fourth-order valence-electron chi connectivity index (χ4n) is 3.22. The number of carbonyl (C=O) groups excluding carboxylic acids is 3. The van der Waals surface area contributed by atoms with Gasteiger partial charge in [-0.05, 0) is 37.2 Å². The van der Waals surface area contributed by atoms with E-state index in [0.29, 0.717) is 24.7 Å². The Morgan fingerprint density at radius 1 is 1.38 bits per heavy atom. The highest BCUT2D eigenvalue weighted by molar-refractivity contribution is 7.80. The number of carbonyl (C=O) groups is 3. The van der Waals surface area contributed by atoms with Gasteiger partial charge in [-0.15, -0.1) is 0 Å². The number of esters is 1. The molecule has 2 aliphatic rings. The minimum atomic E-state index is -0.861. The zero-order valence-electron chi connectivity index (χ0n) is 15.7. The summed E-state index contributed by atoms with van der Waals surface area (Å²) in [5.74, 6) is -1.35. The summed E-state index contributed by atoms with van der Waals surface area (Å²) in [6, 6.07) is 5.71. The third kappa shape index (κ3) is 5.65. The molecule has 8 nitrogen and oxygen atoms in total. The summed E-state index contributed by atoms with van der Waals surface area (Å²) in [5, 5.41) is 5.64. The third-order valence-corrected chi connectivity index (χ3v) is 5.41. The van der Waals surface area contributed by atoms with Gasteiger partial charge < -0.3 is 19.7 Å². The Morgan fingerprint density at radius 3 is 2.90 bits per heavy atom. The maximum absolute atomic E-state index is 12.5. The first kappa shape index (κ1) is 21.5. The third-order valence-electron chi connectivity index (χ3n) is 4.74. The zero-order chi connectivity index (χ0) is 20.8. The summed E-state index contributed by atoms with van der Waals surface area (Å²) < 4.78 is 10.7. The van der Waals surface area contributed by atoms with E-state index in [1.807, 2.05) is 0 Å². The molecular formula is C19H22ClN3O5S. The van der Waals surface area contributed by atoms with Crippen molar-refractivity contribution in [2.75, 3.05) is 26.3 Å². The Bertz CT molecular complexity index is 800. The van der Waals surface area contributed by atoms with Gasteiger partial charge in [0.1, 0.15) is 12.6 Å². The number of nitrogens with zero attached hydrogens (tertiary/aromatic N) is 1. The molecule has 1 aromatic carbocycles. The van der Waals surface area contributed by atoms with Crippen LogP contribution in [0.5, 0.6) is 0 Å². The maximum atomic E-state index is 12.5. The van der Waals surface area contributed by atoms with Crippen LogP contribution in [0.15, 0.2) is 24.3 Å². The van der Waals surface area contributed by atoms with E-state index < -0.39 is 17.9 Å². The lowest BCUT2D eigenvalue weighted by atomic mass is 10.1. The number of piperazine rings is 1. The monoisotopic (exact) mass is 439 g/mol. The number of benzene rings is 1. The molecular weight excluding hydrogens is 418 g/mol. The van der Waals surface area contributed by atoms with E-state index in [9.17, 15) is 14.4 Å². The van der Waals surface area contributed by atoms with E-state index in [1.165, 1.54) is 4.90 Å². The largest absolute Gasteiger partial charge is 0.463 e. The minimum absolute atomic E-state index is 0.0571. The summed E-state index contributed by atoms with van der Waals surface area (Å²) >= 11 is 11.4. The first-order valence-corrected chi connectivity index (χ1v) is 10.2. The Morgan fingerprint density at radius 2 is 2.17 bits per heavy atom. The van der Waals surface area contributed by atoms with Gasteiger partial charge in [0.2, 0.25) is 5.91 Å². The molecule has 0 spiro atoms. The summed E-state index contributed by atoms with van der Waals surface area (Å²) in [7, 11) is 0. The molecule has 2 aliphatic heterocycles. The van der Waals surface area contributed by atoms with Gasteiger partial charge in [0.05, 0.1) is 23.1 Å². The lowest BCUT2D eigenvalue weighted by Crippen LogP contribution is -2.60. The van der Waals surface area contributed by atoms with E-state index in [4.69, 9.17) is 33.3 Å². The lowest BCUT2D eigenvalue weighted by molar-refractivity contribution is -0.150. The molecule has 10 heteroatoms. The number of nitrogens with one attached hydrogen (secondary N) is 2. The van der Waals surface area contributed by atoms with Crippen molar-refractivity contribution in [1.82, 2.24) is 15.5 Å². The highest BCUT2D eigenvalue weighted by atomic mass is 35.5. The Hall–Kier alpha value is -2.23. The zero-order valence-corrected chi connectivity index (χ0v) is 17.3. The van der Waals surface area contributed by atoms with Crippen molar-refractivity contribution < 1.29 is 23.9 Å². The quantitative estimate of drug-likeness (QED) is 0.526. The van der Waals surface area contributed by atoms with E-state index >= 15 is 0 Å². The van der Waals surface area contributed by atoms with Crippen molar-refractivity contribution in [2.24, 2.45) is 0 Å². The number of thiocarbonyl (C=S) groups is 1. The predicted octanol–water partition coefficient (Wildman–Crippen LogP) is 1.27. The number of rotatable bonds is 5. The van der Waals surface area contributed by atoms with E-state index in [-0.39, 0.29) is 35.7 Å². The van der Waals surface area contributed by atoms with Crippen LogP contribution in [0, 0.1) is 0 Å². The smallest absolute Gasteiger partial charge is 0.308 e. The van der Waals surface area contributed by atoms with Crippen LogP contribution in [0.4, 0.5) is 0 Å². The molecule has 29 heavy (non-hydrogen) atoms. The maximum Gasteiger partial charge on any atom is 0.308 e. The Balaban J connectivity index is 1.60. The molecule has 3 rings (SSSR count). The Labute approximate surface area is 178 Å². The molecule has 2 atom stereocenters. The highest BCUT2D eigenvalue weighted by Gasteiger charge is 2.34. The van der Waals surface area contributed by atoms with Crippen molar-refractivity contribution >= 4 is 46.7 Å². The summed E-state index contributed by atoms with van der Waals surface area (Å²) in [6.45, 7) is 1.54. The van der Waals surface area contributed by atoms with Crippen LogP contribution < -0.4 is 10.6 Å². The highest BCUT2D eigenvalue weighted by Crippen LogP contribution is 2.16. The standard InChI is InChI=1S/C19H22ClN3O5S/c20-14-6-2-1-5-13(14)17(25)22-19(29)23-8-7-21-18(26)15(23)10-16(24)28-11-12-4-3-9-27-12/h1-2,5-6,12,15H,3-4,7-11H2,(H,21,26)(H,22,25,29)/t12-,15-/m1/s1. The van der Waals surface area contributed by atoms with Gasteiger partial charge in [0.25, 0.3) is 5.91 Å². The van der Waals surface area contributed by atoms with E-state index in [0.717, 1.165) is 12.8 Å². The lowest BCUT2D eigenvalue weighted by Gasteiger charge is -2.36. The molecule has 156 valence electrons. The van der Waals surface area contributed by atoms with Crippen molar-refractivity contribution in [3.8, 4) is 0 Å². The average molecular weight is 440 g/mol. The summed E-state index contributed by atoms with van der Waals surface area (Å²) in [5.41, 5.74) is 0.269. The normalized spacial score (nSPS) is 21.4. The fraction of sp³-hybridized carbons (Fsp3) is 0.474. The minimum Gasteiger partial charge on any atom is -0.463 e. The molecule has 2 heterocycles. The van der Waals surface area contributed by atoms with Crippen LogP contribution >= 0.6 is 23.8 Å². The second-order valence-corrected chi connectivity index (χ2v) is 7.56. The van der Waals surface area contributed by atoms with E-state index in [1.54, 1.807) is 24.3 Å². The van der Waals surface area contributed by atoms with Crippen molar-refractivity contribution in [2.45, 2.75) is 31.4 Å². The number of halogens is 1. The second kappa shape index (κ2) is 10.00.